The van der Waals surface area contributed by atoms with Crippen LogP contribution in [0.5, 0.6) is 11.5 Å². The number of rotatable bonds is 10. The lowest BCUT2D eigenvalue weighted by Gasteiger charge is -2.06. The van der Waals surface area contributed by atoms with Crippen LogP contribution in [0.4, 0.5) is 6.01 Å². The maximum absolute atomic E-state index is 12.4. The monoisotopic (exact) mass is 395 g/mol. The maximum atomic E-state index is 12.4. The molecule has 0 bridgehead atoms. The van der Waals surface area contributed by atoms with Crippen LogP contribution >= 0.6 is 0 Å². The van der Waals surface area contributed by atoms with E-state index >= 15 is 0 Å². The number of anilines is 1. The third kappa shape index (κ3) is 6.07. The second-order valence-electron chi connectivity index (χ2n) is 6.56. The molecule has 7 nitrogen and oxygen atoms in total. The van der Waals surface area contributed by atoms with Crippen molar-refractivity contribution in [1.82, 2.24) is 10.2 Å². The van der Waals surface area contributed by atoms with Crippen LogP contribution in [0.25, 0.3) is 0 Å². The van der Waals surface area contributed by atoms with Gasteiger partial charge in [-0.05, 0) is 48.4 Å². The van der Waals surface area contributed by atoms with Crippen molar-refractivity contribution in [3.05, 3.63) is 65.5 Å². The third-order valence-corrected chi connectivity index (χ3v) is 4.33. The molecule has 0 saturated carbocycles. The standard InChI is InChI=1S/C22H25N3O4/c1-3-4-5-14-28-19-12-8-17(9-13-19)21(26)23-22-25-24-20(29-22)15-16-6-10-18(27-2)11-7-16/h6-13H,3-5,14-15H2,1-2H3,(H,23,25,26). The smallest absolute Gasteiger partial charge is 0.322 e. The van der Waals surface area contributed by atoms with Gasteiger partial charge in [0, 0.05) is 5.56 Å². The van der Waals surface area contributed by atoms with Gasteiger partial charge in [0.2, 0.25) is 5.89 Å². The van der Waals surface area contributed by atoms with Crippen LogP contribution in [-0.4, -0.2) is 29.8 Å². The number of amides is 1. The van der Waals surface area contributed by atoms with Crippen molar-refractivity contribution in [3.63, 3.8) is 0 Å². The lowest BCUT2D eigenvalue weighted by atomic mass is 10.1. The van der Waals surface area contributed by atoms with E-state index in [1.165, 1.54) is 0 Å². The summed E-state index contributed by atoms with van der Waals surface area (Å²) < 4.78 is 16.3. The summed E-state index contributed by atoms with van der Waals surface area (Å²) in [6, 6.07) is 14.6. The number of hydrogen-bond acceptors (Lipinski definition) is 6. The summed E-state index contributed by atoms with van der Waals surface area (Å²) in [7, 11) is 1.62. The van der Waals surface area contributed by atoms with E-state index in [2.05, 4.69) is 22.4 Å². The molecule has 29 heavy (non-hydrogen) atoms. The van der Waals surface area contributed by atoms with Crippen molar-refractivity contribution in [3.8, 4) is 11.5 Å². The molecule has 0 radical (unpaired) electrons. The quantitative estimate of drug-likeness (QED) is 0.509. The molecule has 152 valence electrons. The summed E-state index contributed by atoms with van der Waals surface area (Å²) in [6.07, 6.45) is 3.79. The van der Waals surface area contributed by atoms with Crippen molar-refractivity contribution < 1.29 is 18.7 Å². The number of carbonyl (C=O) groups is 1. The van der Waals surface area contributed by atoms with Gasteiger partial charge in [0.1, 0.15) is 11.5 Å². The fraction of sp³-hybridized carbons (Fsp3) is 0.318. The summed E-state index contributed by atoms with van der Waals surface area (Å²) in [6.45, 7) is 2.83. The van der Waals surface area contributed by atoms with Crippen LogP contribution < -0.4 is 14.8 Å². The Morgan fingerprint density at radius 2 is 1.72 bits per heavy atom. The second kappa shape index (κ2) is 10.3. The second-order valence-corrected chi connectivity index (χ2v) is 6.56. The highest BCUT2D eigenvalue weighted by Gasteiger charge is 2.12. The van der Waals surface area contributed by atoms with Crippen LogP contribution in [-0.2, 0) is 6.42 Å². The zero-order valence-electron chi connectivity index (χ0n) is 16.7. The van der Waals surface area contributed by atoms with Gasteiger partial charge in [-0.15, -0.1) is 5.10 Å². The molecule has 0 unspecified atom stereocenters. The summed E-state index contributed by atoms with van der Waals surface area (Å²) in [4.78, 5) is 12.4. The average molecular weight is 395 g/mol. The molecular formula is C22H25N3O4. The SMILES string of the molecule is CCCCCOc1ccc(C(=O)Nc2nnc(Cc3ccc(OC)cc3)o2)cc1. The molecule has 3 rings (SSSR count). The summed E-state index contributed by atoms with van der Waals surface area (Å²) in [5.41, 5.74) is 1.49. The Balaban J connectivity index is 1.52. The number of aromatic nitrogens is 2. The Hall–Kier alpha value is -3.35. The molecular weight excluding hydrogens is 370 g/mol. The van der Waals surface area contributed by atoms with Gasteiger partial charge in [-0.25, -0.2) is 0 Å². The topological polar surface area (TPSA) is 86.5 Å². The maximum Gasteiger partial charge on any atom is 0.322 e. The van der Waals surface area contributed by atoms with Crippen LogP contribution in [0, 0.1) is 0 Å². The van der Waals surface area contributed by atoms with Crippen molar-refractivity contribution in [1.29, 1.82) is 0 Å². The minimum absolute atomic E-state index is 0.0680. The Morgan fingerprint density at radius 3 is 2.41 bits per heavy atom. The Bertz CT molecular complexity index is 905. The zero-order chi connectivity index (χ0) is 20.5. The molecule has 0 saturated heterocycles. The first-order chi connectivity index (χ1) is 14.2. The van der Waals surface area contributed by atoms with Gasteiger partial charge in [-0.1, -0.05) is 37.0 Å². The Labute approximate surface area is 170 Å². The minimum atomic E-state index is -0.317. The Morgan fingerprint density at radius 1 is 1.00 bits per heavy atom. The number of unbranched alkanes of at least 4 members (excludes halogenated alkanes) is 2. The van der Waals surface area contributed by atoms with Crippen molar-refractivity contribution in [2.75, 3.05) is 19.0 Å². The van der Waals surface area contributed by atoms with Gasteiger partial charge in [0.25, 0.3) is 5.91 Å². The van der Waals surface area contributed by atoms with Crippen molar-refractivity contribution in [2.45, 2.75) is 32.6 Å². The van der Waals surface area contributed by atoms with Crippen LogP contribution in [0.2, 0.25) is 0 Å². The van der Waals surface area contributed by atoms with Gasteiger partial charge in [0.15, 0.2) is 0 Å². The molecule has 7 heteroatoms. The van der Waals surface area contributed by atoms with E-state index < -0.39 is 0 Å². The molecule has 0 aliphatic heterocycles. The number of nitrogens with one attached hydrogen (secondary N) is 1. The number of hydrogen-bond donors (Lipinski definition) is 1. The molecule has 1 heterocycles. The Kier molecular flexibility index (Phi) is 7.22. The lowest BCUT2D eigenvalue weighted by Crippen LogP contribution is -2.12. The number of ether oxygens (including phenoxy) is 2. The molecule has 0 fully saturated rings. The first-order valence-corrected chi connectivity index (χ1v) is 9.67. The van der Waals surface area contributed by atoms with Gasteiger partial charge in [-0.3, -0.25) is 10.1 Å². The number of benzene rings is 2. The van der Waals surface area contributed by atoms with Gasteiger partial charge in [0.05, 0.1) is 20.1 Å². The lowest BCUT2D eigenvalue weighted by molar-refractivity contribution is 0.102. The van der Waals surface area contributed by atoms with Gasteiger partial charge >= 0.3 is 6.01 Å². The third-order valence-electron chi connectivity index (χ3n) is 4.33. The summed E-state index contributed by atoms with van der Waals surface area (Å²) in [5, 5.41) is 10.5. The highest BCUT2D eigenvalue weighted by molar-refractivity contribution is 6.03. The highest BCUT2D eigenvalue weighted by Crippen LogP contribution is 2.17. The number of methoxy groups -OCH3 is 1. The number of carbonyl (C=O) groups excluding carboxylic acids is 1. The zero-order valence-corrected chi connectivity index (χ0v) is 16.7. The predicted molar refractivity (Wildman–Crippen MR) is 110 cm³/mol. The highest BCUT2D eigenvalue weighted by atomic mass is 16.5. The van der Waals surface area contributed by atoms with E-state index in [0.717, 1.165) is 36.3 Å². The van der Waals surface area contributed by atoms with Crippen LogP contribution in [0.1, 0.15) is 48.0 Å². The fourth-order valence-corrected chi connectivity index (χ4v) is 2.71. The van der Waals surface area contributed by atoms with E-state index in [1.54, 1.807) is 31.4 Å². The van der Waals surface area contributed by atoms with Gasteiger partial charge in [-0.2, -0.15) is 0 Å². The molecule has 0 spiro atoms. The van der Waals surface area contributed by atoms with Crippen LogP contribution in [0.3, 0.4) is 0 Å². The van der Waals surface area contributed by atoms with Gasteiger partial charge < -0.3 is 13.9 Å². The average Bonchev–Trinajstić information content (AvgIpc) is 3.19. The molecule has 3 aromatic rings. The van der Waals surface area contributed by atoms with E-state index in [1.807, 2.05) is 24.3 Å². The molecule has 0 atom stereocenters. The van der Waals surface area contributed by atoms with Crippen LogP contribution in [0.15, 0.2) is 52.9 Å². The largest absolute Gasteiger partial charge is 0.497 e. The van der Waals surface area contributed by atoms with E-state index in [9.17, 15) is 4.79 Å². The first kappa shape index (κ1) is 20.4. The van der Waals surface area contributed by atoms with Crippen molar-refractivity contribution >= 4 is 11.9 Å². The molecule has 1 N–H and O–H groups in total. The summed E-state index contributed by atoms with van der Waals surface area (Å²) in [5.74, 6) is 1.63. The molecule has 2 aromatic carbocycles. The summed E-state index contributed by atoms with van der Waals surface area (Å²) >= 11 is 0. The molecule has 1 amide bonds. The first-order valence-electron chi connectivity index (χ1n) is 9.67. The van der Waals surface area contributed by atoms with Crippen molar-refractivity contribution in [2.24, 2.45) is 0 Å². The molecule has 0 aliphatic rings. The normalized spacial score (nSPS) is 10.6. The molecule has 0 aliphatic carbocycles. The predicted octanol–water partition coefficient (Wildman–Crippen LogP) is 4.49. The van der Waals surface area contributed by atoms with E-state index in [0.29, 0.717) is 24.5 Å². The number of nitrogens with zero attached hydrogens (tertiary/aromatic N) is 2. The minimum Gasteiger partial charge on any atom is -0.497 e. The van der Waals surface area contributed by atoms with E-state index in [4.69, 9.17) is 13.9 Å². The molecule has 1 aromatic heterocycles. The fourth-order valence-electron chi connectivity index (χ4n) is 2.71. The van der Waals surface area contributed by atoms with E-state index in [-0.39, 0.29) is 11.9 Å².